The molecule has 3 nitrogen and oxygen atoms in total. The molecule has 17 heavy (non-hydrogen) atoms. The summed E-state index contributed by atoms with van der Waals surface area (Å²) in [5.74, 6) is 0.919. The number of carbonyl (C=O) groups is 1. The Morgan fingerprint density at radius 3 is 2.82 bits per heavy atom. The molecule has 0 N–H and O–H groups in total. The maximum absolute atomic E-state index is 12.1. The smallest absolute Gasteiger partial charge is 0.176 e. The first-order chi connectivity index (χ1) is 8.24. The molecule has 92 valence electrons. The SMILES string of the molecule is CCN(CC(=O)c1cccc(OC)c1)C1CC1. The van der Waals surface area contributed by atoms with Crippen molar-refractivity contribution in [3.8, 4) is 5.75 Å². The van der Waals surface area contributed by atoms with Gasteiger partial charge in [0.1, 0.15) is 5.75 Å². The summed E-state index contributed by atoms with van der Waals surface area (Å²) in [6.07, 6.45) is 2.47. The van der Waals surface area contributed by atoms with E-state index in [1.165, 1.54) is 12.8 Å². The van der Waals surface area contributed by atoms with Crippen molar-refractivity contribution in [1.82, 2.24) is 4.90 Å². The molecule has 0 heterocycles. The molecule has 0 bridgehead atoms. The number of hydrogen-bond donors (Lipinski definition) is 0. The van der Waals surface area contributed by atoms with Gasteiger partial charge >= 0.3 is 0 Å². The number of Topliss-reactive ketones (excluding diaryl/α,β-unsaturated/α-hetero) is 1. The minimum Gasteiger partial charge on any atom is -0.497 e. The van der Waals surface area contributed by atoms with E-state index in [0.717, 1.165) is 17.9 Å². The zero-order chi connectivity index (χ0) is 12.3. The van der Waals surface area contributed by atoms with E-state index in [-0.39, 0.29) is 5.78 Å². The van der Waals surface area contributed by atoms with Gasteiger partial charge in [0.25, 0.3) is 0 Å². The van der Waals surface area contributed by atoms with Gasteiger partial charge in [0.15, 0.2) is 5.78 Å². The third-order valence-electron chi connectivity index (χ3n) is 3.21. The number of hydrogen-bond acceptors (Lipinski definition) is 3. The largest absolute Gasteiger partial charge is 0.497 e. The van der Waals surface area contributed by atoms with Gasteiger partial charge in [-0.05, 0) is 31.5 Å². The molecule has 0 spiro atoms. The second-order valence-electron chi connectivity index (χ2n) is 4.45. The number of likely N-dealkylation sites (N-methyl/N-ethyl adjacent to an activating group) is 1. The highest BCUT2D eigenvalue weighted by molar-refractivity contribution is 5.98. The summed E-state index contributed by atoms with van der Waals surface area (Å²) < 4.78 is 5.13. The standard InChI is InChI=1S/C14H19NO2/c1-3-15(12-7-8-12)10-14(16)11-5-4-6-13(9-11)17-2/h4-6,9,12H,3,7-8,10H2,1-2H3. The van der Waals surface area contributed by atoms with Gasteiger partial charge in [-0.2, -0.15) is 0 Å². The van der Waals surface area contributed by atoms with E-state index in [1.807, 2.05) is 24.3 Å². The molecule has 1 aliphatic rings. The second kappa shape index (κ2) is 5.32. The van der Waals surface area contributed by atoms with E-state index in [9.17, 15) is 4.79 Å². The van der Waals surface area contributed by atoms with Crippen molar-refractivity contribution in [2.75, 3.05) is 20.2 Å². The summed E-state index contributed by atoms with van der Waals surface area (Å²) in [4.78, 5) is 14.4. The van der Waals surface area contributed by atoms with E-state index in [2.05, 4.69) is 11.8 Å². The normalized spacial score (nSPS) is 15.0. The van der Waals surface area contributed by atoms with Crippen molar-refractivity contribution in [2.24, 2.45) is 0 Å². The lowest BCUT2D eigenvalue weighted by molar-refractivity contribution is 0.0928. The van der Waals surface area contributed by atoms with Crippen LogP contribution in [0.5, 0.6) is 5.75 Å². The van der Waals surface area contributed by atoms with Gasteiger partial charge in [0.2, 0.25) is 0 Å². The number of benzene rings is 1. The molecule has 1 aromatic rings. The van der Waals surface area contributed by atoms with Crippen LogP contribution in [0.1, 0.15) is 30.1 Å². The monoisotopic (exact) mass is 233 g/mol. The quantitative estimate of drug-likeness (QED) is 0.706. The van der Waals surface area contributed by atoms with Gasteiger partial charge in [-0.1, -0.05) is 19.1 Å². The van der Waals surface area contributed by atoms with Crippen molar-refractivity contribution in [1.29, 1.82) is 0 Å². The fraction of sp³-hybridized carbons (Fsp3) is 0.500. The second-order valence-corrected chi connectivity index (χ2v) is 4.45. The molecular formula is C14H19NO2. The van der Waals surface area contributed by atoms with E-state index >= 15 is 0 Å². The molecule has 0 atom stereocenters. The summed E-state index contributed by atoms with van der Waals surface area (Å²) in [6.45, 7) is 3.58. The number of rotatable bonds is 6. The topological polar surface area (TPSA) is 29.5 Å². The summed E-state index contributed by atoms with van der Waals surface area (Å²) >= 11 is 0. The van der Waals surface area contributed by atoms with Crippen LogP contribution in [-0.2, 0) is 0 Å². The van der Waals surface area contributed by atoms with Crippen molar-refractivity contribution in [3.63, 3.8) is 0 Å². The first-order valence-corrected chi connectivity index (χ1v) is 6.16. The lowest BCUT2D eigenvalue weighted by atomic mass is 10.1. The van der Waals surface area contributed by atoms with Crippen LogP contribution in [0.4, 0.5) is 0 Å². The van der Waals surface area contributed by atoms with Crippen LogP contribution in [0, 0.1) is 0 Å². The van der Waals surface area contributed by atoms with E-state index in [0.29, 0.717) is 12.6 Å². The first kappa shape index (κ1) is 12.1. The van der Waals surface area contributed by atoms with Crippen LogP contribution < -0.4 is 4.74 Å². The maximum Gasteiger partial charge on any atom is 0.176 e. The number of methoxy groups -OCH3 is 1. The molecule has 1 aromatic carbocycles. The highest BCUT2D eigenvalue weighted by Crippen LogP contribution is 2.26. The number of ketones is 1. The van der Waals surface area contributed by atoms with Crippen LogP contribution in [0.3, 0.4) is 0 Å². The van der Waals surface area contributed by atoms with Crippen LogP contribution in [0.2, 0.25) is 0 Å². The Hall–Kier alpha value is -1.35. The van der Waals surface area contributed by atoms with Crippen LogP contribution in [0.15, 0.2) is 24.3 Å². The van der Waals surface area contributed by atoms with Crippen LogP contribution >= 0.6 is 0 Å². The minimum absolute atomic E-state index is 0.178. The van der Waals surface area contributed by atoms with Gasteiger partial charge in [-0.15, -0.1) is 0 Å². The Labute approximate surface area is 102 Å². The minimum atomic E-state index is 0.178. The molecule has 0 amide bonds. The molecule has 0 unspecified atom stereocenters. The van der Waals surface area contributed by atoms with Crippen molar-refractivity contribution < 1.29 is 9.53 Å². The average molecular weight is 233 g/mol. The Kier molecular flexibility index (Phi) is 3.79. The van der Waals surface area contributed by atoms with Gasteiger partial charge in [0, 0.05) is 11.6 Å². The zero-order valence-corrected chi connectivity index (χ0v) is 10.5. The van der Waals surface area contributed by atoms with Crippen LogP contribution in [0.25, 0.3) is 0 Å². The van der Waals surface area contributed by atoms with Crippen molar-refractivity contribution in [3.05, 3.63) is 29.8 Å². The lowest BCUT2D eigenvalue weighted by Crippen LogP contribution is -2.31. The molecule has 1 aliphatic carbocycles. The van der Waals surface area contributed by atoms with Gasteiger partial charge < -0.3 is 4.74 Å². The Morgan fingerprint density at radius 1 is 1.47 bits per heavy atom. The van der Waals surface area contributed by atoms with E-state index < -0.39 is 0 Å². The molecule has 0 aliphatic heterocycles. The predicted molar refractivity (Wildman–Crippen MR) is 67.6 cm³/mol. The number of nitrogens with zero attached hydrogens (tertiary/aromatic N) is 1. The number of carbonyl (C=O) groups excluding carboxylic acids is 1. The molecule has 0 saturated heterocycles. The van der Waals surface area contributed by atoms with E-state index in [1.54, 1.807) is 7.11 Å². The molecule has 0 radical (unpaired) electrons. The molecule has 1 saturated carbocycles. The lowest BCUT2D eigenvalue weighted by Gasteiger charge is -2.18. The summed E-state index contributed by atoms with van der Waals surface area (Å²) in [6, 6.07) is 8.01. The Bertz CT molecular complexity index is 399. The summed E-state index contributed by atoms with van der Waals surface area (Å²) in [5.41, 5.74) is 0.739. The fourth-order valence-electron chi connectivity index (χ4n) is 2.01. The number of ether oxygens (including phenoxy) is 1. The highest BCUT2D eigenvalue weighted by atomic mass is 16.5. The molecule has 0 aromatic heterocycles. The van der Waals surface area contributed by atoms with E-state index in [4.69, 9.17) is 4.74 Å². The average Bonchev–Trinajstić information content (AvgIpc) is 3.20. The van der Waals surface area contributed by atoms with Crippen LogP contribution in [-0.4, -0.2) is 36.9 Å². The molecule has 3 heteroatoms. The zero-order valence-electron chi connectivity index (χ0n) is 10.5. The molecular weight excluding hydrogens is 214 g/mol. The summed E-state index contributed by atoms with van der Waals surface area (Å²) in [5, 5.41) is 0. The third-order valence-corrected chi connectivity index (χ3v) is 3.21. The maximum atomic E-state index is 12.1. The van der Waals surface area contributed by atoms with Crippen molar-refractivity contribution in [2.45, 2.75) is 25.8 Å². The summed E-state index contributed by atoms with van der Waals surface area (Å²) in [7, 11) is 1.62. The predicted octanol–water partition coefficient (Wildman–Crippen LogP) is 2.36. The highest BCUT2D eigenvalue weighted by Gasteiger charge is 2.29. The third kappa shape index (κ3) is 3.07. The molecule has 1 fully saturated rings. The fourth-order valence-corrected chi connectivity index (χ4v) is 2.01. The Morgan fingerprint density at radius 2 is 2.24 bits per heavy atom. The van der Waals surface area contributed by atoms with Gasteiger partial charge in [-0.25, -0.2) is 0 Å². The molecule has 2 rings (SSSR count). The van der Waals surface area contributed by atoms with Crippen molar-refractivity contribution >= 4 is 5.78 Å². The Balaban J connectivity index is 2.02. The van der Waals surface area contributed by atoms with Gasteiger partial charge in [-0.3, -0.25) is 9.69 Å². The van der Waals surface area contributed by atoms with Gasteiger partial charge in [0.05, 0.1) is 13.7 Å². The first-order valence-electron chi connectivity index (χ1n) is 6.16.